The number of aromatic nitrogens is 3. The van der Waals surface area contributed by atoms with Crippen molar-refractivity contribution in [2.24, 2.45) is 0 Å². The van der Waals surface area contributed by atoms with Gasteiger partial charge in [-0.1, -0.05) is 60.7 Å². The van der Waals surface area contributed by atoms with E-state index in [0.717, 1.165) is 16.7 Å². The molecular formula is C27H24FN5O2. The monoisotopic (exact) mass is 469 g/mol. The summed E-state index contributed by atoms with van der Waals surface area (Å²) in [4.78, 5) is 17.8. The highest BCUT2D eigenvalue weighted by Crippen LogP contribution is 2.39. The molecule has 35 heavy (non-hydrogen) atoms. The Morgan fingerprint density at radius 2 is 1.77 bits per heavy atom. The van der Waals surface area contributed by atoms with E-state index in [1.165, 1.54) is 18.5 Å². The van der Waals surface area contributed by atoms with Crippen molar-refractivity contribution in [1.82, 2.24) is 20.1 Å². The molecule has 1 aromatic heterocycles. The number of para-hydroxylation sites is 1. The summed E-state index contributed by atoms with van der Waals surface area (Å²) in [5, 5.41) is 10.6. The lowest BCUT2D eigenvalue weighted by Crippen LogP contribution is -2.35. The van der Waals surface area contributed by atoms with Gasteiger partial charge in [0.1, 0.15) is 30.5 Å². The molecule has 1 amide bonds. The van der Waals surface area contributed by atoms with Crippen LogP contribution in [0.1, 0.15) is 29.7 Å². The second-order valence-corrected chi connectivity index (χ2v) is 8.22. The Morgan fingerprint density at radius 3 is 2.57 bits per heavy atom. The maximum atomic E-state index is 13.5. The number of nitrogens with zero attached hydrogens (tertiary/aromatic N) is 3. The van der Waals surface area contributed by atoms with Gasteiger partial charge in [0.2, 0.25) is 5.95 Å². The number of carbonyl (C=O) groups is 1. The molecular weight excluding hydrogens is 445 g/mol. The molecule has 0 radical (unpaired) electrons. The zero-order valence-corrected chi connectivity index (χ0v) is 19.1. The van der Waals surface area contributed by atoms with Gasteiger partial charge >= 0.3 is 0 Å². The zero-order valence-electron chi connectivity index (χ0n) is 19.1. The molecule has 0 saturated heterocycles. The number of halogens is 1. The number of hydrogen-bond donors (Lipinski definition) is 2. The Hall–Kier alpha value is -4.46. The zero-order chi connectivity index (χ0) is 24.2. The number of fused-ring (bicyclic) bond motifs is 1. The number of allylic oxidation sites excluding steroid dienone is 1. The predicted octanol–water partition coefficient (Wildman–Crippen LogP) is 4.60. The van der Waals surface area contributed by atoms with Crippen LogP contribution >= 0.6 is 0 Å². The van der Waals surface area contributed by atoms with Crippen LogP contribution in [0.15, 0.2) is 96.5 Å². The lowest BCUT2D eigenvalue weighted by Gasteiger charge is -2.29. The fraction of sp³-hybridized carbons (Fsp3) is 0.148. The van der Waals surface area contributed by atoms with E-state index < -0.39 is 6.04 Å². The van der Waals surface area contributed by atoms with Crippen LogP contribution in [0.4, 0.5) is 10.3 Å². The Bertz CT molecular complexity index is 1370. The van der Waals surface area contributed by atoms with E-state index in [2.05, 4.69) is 20.7 Å². The largest absolute Gasteiger partial charge is 0.489 e. The van der Waals surface area contributed by atoms with Gasteiger partial charge in [-0.2, -0.15) is 10.1 Å². The molecule has 0 saturated carbocycles. The van der Waals surface area contributed by atoms with Crippen molar-refractivity contribution in [2.45, 2.75) is 26.1 Å². The molecule has 4 aromatic rings. The van der Waals surface area contributed by atoms with Gasteiger partial charge in [-0.05, 0) is 36.2 Å². The minimum atomic E-state index is -0.547. The van der Waals surface area contributed by atoms with Crippen molar-refractivity contribution in [1.29, 1.82) is 0 Å². The number of nitrogens with one attached hydrogen (secondary N) is 2. The van der Waals surface area contributed by atoms with E-state index >= 15 is 0 Å². The van der Waals surface area contributed by atoms with Gasteiger partial charge in [0, 0.05) is 17.8 Å². The average molecular weight is 470 g/mol. The fourth-order valence-corrected chi connectivity index (χ4v) is 4.13. The van der Waals surface area contributed by atoms with Crippen LogP contribution in [0.2, 0.25) is 0 Å². The number of rotatable bonds is 7. The number of carbonyl (C=O) groups excluding carboxylic acids is 1. The molecule has 1 aliphatic heterocycles. The maximum Gasteiger partial charge on any atom is 0.251 e. The van der Waals surface area contributed by atoms with Gasteiger partial charge in [0.05, 0.1) is 5.57 Å². The minimum Gasteiger partial charge on any atom is -0.489 e. The first-order chi connectivity index (χ1) is 17.1. The first kappa shape index (κ1) is 22.3. The smallest absolute Gasteiger partial charge is 0.251 e. The third-order valence-electron chi connectivity index (χ3n) is 5.86. The molecule has 2 N–H and O–H groups in total. The molecule has 1 atom stereocenters. The molecule has 1 unspecified atom stereocenters. The molecule has 1 aliphatic rings. The van der Waals surface area contributed by atoms with E-state index in [0.29, 0.717) is 29.5 Å². The lowest BCUT2D eigenvalue weighted by molar-refractivity contribution is -0.118. The summed E-state index contributed by atoms with van der Waals surface area (Å²) in [5.74, 6) is 0.638. The molecule has 0 aliphatic carbocycles. The van der Waals surface area contributed by atoms with Crippen LogP contribution < -0.4 is 15.4 Å². The average Bonchev–Trinajstić information content (AvgIpc) is 3.35. The molecule has 5 rings (SSSR count). The van der Waals surface area contributed by atoms with Crippen LogP contribution in [0.5, 0.6) is 5.75 Å². The molecule has 2 heterocycles. The molecule has 7 nitrogen and oxygen atoms in total. The predicted molar refractivity (Wildman–Crippen MR) is 130 cm³/mol. The molecule has 176 valence electrons. The highest BCUT2D eigenvalue weighted by molar-refractivity contribution is 5.96. The van der Waals surface area contributed by atoms with Crippen LogP contribution in [0.25, 0.3) is 0 Å². The topological polar surface area (TPSA) is 81.1 Å². The van der Waals surface area contributed by atoms with Crippen LogP contribution in [-0.2, 0) is 17.9 Å². The highest BCUT2D eigenvalue weighted by Gasteiger charge is 2.35. The normalized spacial score (nSPS) is 14.7. The van der Waals surface area contributed by atoms with Gasteiger partial charge < -0.3 is 15.4 Å². The molecule has 0 spiro atoms. The third-order valence-corrected chi connectivity index (χ3v) is 5.86. The first-order valence-corrected chi connectivity index (χ1v) is 11.3. The summed E-state index contributed by atoms with van der Waals surface area (Å²) in [6.07, 6.45) is 1.45. The van der Waals surface area contributed by atoms with Crippen LogP contribution in [0, 0.1) is 5.82 Å². The van der Waals surface area contributed by atoms with Crippen molar-refractivity contribution in [3.8, 4) is 5.75 Å². The summed E-state index contributed by atoms with van der Waals surface area (Å²) in [6.45, 7) is 2.51. The van der Waals surface area contributed by atoms with Gasteiger partial charge in [-0.25, -0.2) is 9.07 Å². The quantitative estimate of drug-likeness (QED) is 0.413. The number of amides is 1. The second kappa shape index (κ2) is 9.80. The number of anilines is 1. The Morgan fingerprint density at radius 1 is 1.03 bits per heavy atom. The molecule has 8 heteroatoms. The summed E-state index contributed by atoms with van der Waals surface area (Å²) < 4.78 is 21.1. The standard InChI is InChI=1S/C27H24FN5O2/c1-18-24(26(34)29-15-19-7-3-2-4-8-19)25(33-27(32-18)30-17-31-33)22-9-5-6-10-23(22)35-16-20-11-13-21(28)14-12-20/h2-14,17,25H,15-16H2,1H3,(H,29,34)(H,30,31,32). The van der Waals surface area contributed by atoms with Crippen LogP contribution in [0.3, 0.4) is 0 Å². The van der Waals surface area contributed by atoms with E-state index in [4.69, 9.17) is 4.74 Å². The Kier molecular flexibility index (Phi) is 6.26. The Balaban J connectivity index is 1.46. The fourth-order valence-electron chi connectivity index (χ4n) is 4.13. The van der Waals surface area contributed by atoms with Crippen molar-refractivity contribution >= 4 is 11.9 Å². The first-order valence-electron chi connectivity index (χ1n) is 11.3. The van der Waals surface area contributed by atoms with E-state index in [1.807, 2.05) is 61.5 Å². The van der Waals surface area contributed by atoms with Crippen molar-refractivity contribution < 1.29 is 13.9 Å². The van der Waals surface area contributed by atoms with Gasteiger partial charge in [-0.15, -0.1) is 0 Å². The second-order valence-electron chi connectivity index (χ2n) is 8.22. The van der Waals surface area contributed by atoms with E-state index in [-0.39, 0.29) is 18.3 Å². The maximum absolute atomic E-state index is 13.5. The molecule has 0 bridgehead atoms. The summed E-state index contributed by atoms with van der Waals surface area (Å²) in [7, 11) is 0. The van der Waals surface area contributed by atoms with Crippen LogP contribution in [-0.4, -0.2) is 20.7 Å². The SMILES string of the molecule is CC1=C(C(=O)NCc2ccccc2)C(c2ccccc2OCc2ccc(F)cc2)n2ncnc2N1. The number of benzene rings is 3. The van der Waals surface area contributed by atoms with Gasteiger partial charge in [0.25, 0.3) is 5.91 Å². The highest BCUT2D eigenvalue weighted by atomic mass is 19.1. The van der Waals surface area contributed by atoms with E-state index in [9.17, 15) is 9.18 Å². The number of ether oxygens (including phenoxy) is 1. The summed E-state index contributed by atoms with van der Waals surface area (Å²) >= 11 is 0. The summed E-state index contributed by atoms with van der Waals surface area (Å²) in [5.41, 5.74) is 3.82. The van der Waals surface area contributed by atoms with Crippen molar-refractivity contribution in [3.63, 3.8) is 0 Å². The molecule has 3 aromatic carbocycles. The lowest BCUT2D eigenvalue weighted by atomic mass is 9.94. The number of hydrogen-bond acceptors (Lipinski definition) is 5. The third kappa shape index (κ3) is 4.77. The van der Waals surface area contributed by atoms with Gasteiger partial charge in [0.15, 0.2) is 0 Å². The Labute approximate surface area is 202 Å². The summed E-state index contributed by atoms with van der Waals surface area (Å²) in [6, 6.07) is 22.9. The minimum absolute atomic E-state index is 0.210. The van der Waals surface area contributed by atoms with E-state index in [1.54, 1.807) is 16.8 Å². The van der Waals surface area contributed by atoms with Gasteiger partial charge in [-0.3, -0.25) is 4.79 Å². The molecule has 0 fully saturated rings. The van der Waals surface area contributed by atoms with Crippen molar-refractivity contribution in [2.75, 3.05) is 5.32 Å². The van der Waals surface area contributed by atoms with Crippen molar-refractivity contribution in [3.05, 3.63) is 119 Å².